The highest BCUT2D eigenvalue weighted by atomic mass is 14.7. The van der Waals surface area contributed by atoms with Crippen molar-refractivity contribution in [2.24, 2.45) is 0 Å². The molecule has 4 N–H and O–H groups in total. The molecule has 2 nitrogen and oxygen atoms in total. The Labute approximate surface area is 129 Å². The molecule has 22 heavy (non-hydrogen) atoms. The van der Waals surface area contributed by atoms with Crippen LogP contribution in [-0.4, -0.2) is 0 Å². The van der Waals surface area contributed by atoms with Gasteiger partial charge in [0.25, 0.3) is 0 Å². The first kappa shape index (κ1) is 12.7. The van der Waals surface area contributed by atoms with Crippen molar-refractivity contribution in [3.63, 3.8) is 0 Å². The van der Waals surface area contributed by atoms with Crippen LogP contribution in [0.3, 0.4) is 0 Å². The Morgan fingerprint density at radius 3 is 1.95 bits per heavy atom. The highest BCUT2D eigenvalue weighted by Crippen LogP contribution is 2.39. The molecule has 0 radical (unpaired) electrons. The Kier molecular flexibility index (Phi) is 2.76. The molecule has 0 fully saturated rings. The fourth-order valence-corrected chi connectivity index (χ4v) is 3.04. The summed E-state index contributed by atoms with van der Waals surface area (Å²) in [6.45, 7) is 0. The van der Waals surface area contributed by atoms with Gasteiger partial charge >= 0.3 is 0 Å². The Morgan fingerprint density at radius 2 is 1.23 bits per heavy atom. The molecule has 106 valence electrons. The summed E-state index contributed by atoms with van der Waals surface area (Å²) in [5.41, 5.74) is 15.8. The van der Waals surface area contributed by atoms with Crippen LogP contribution < -0.4 is 11.5 Å². The quantitative estimate of drug-likeness (QED) is 0.389. The van der Waals surface area contributed by atoms with Gasteiger partial charge in [-0.25, -0.2) is 0 Å². The fraction of sp³-hybridized carbons (Fsp3) is 0. The Bertz CT molecular complexity index is 989. The van der Waals surface area contributed by atoms with Crippen LogP contribution >= 0.6 is 0 Å². The van der Waals surface area contributed by atoms with Gasteiger partial charge in [-0.1, -0.05) is 54.6 Å². The maximum Gasteiger partial charge on any atom is 0.0633 e. The summed E-state index contributed by atoms with van der Waals surface area (Å²) in [5.74, 6) is 0. The van der Waals surface area contributed by atoms with E-state index in [1.54, 1.807) is 0 Å². The third-order valence-corrected chi connectivity index (χ3v) is 4.14. The van der Waals surface area contributed by atoms with E-state index in [2.05, 4.69) is 42.5 Å². The molecule has 0 aliphatic rings. The Hall–Kier alpha value is -3.00. The lowest BCUT2D eigenvalue weighted by atomic mass is 9.93. The molecule has 0 amide bonds. The van der Waals surface area contributed by atoms with Gasteiger partial charge < -0.3 is 11.5 Å². The molecule has 4 rings (SSSR count). The van der Waals surface area contributed by atoms with Crippen LogP contribution in [0.15, 0.2) is 72.8 Å². The monoisotopic (exact) mass is 284 g/mol. The minimum absolute atomic E-state index is 0.627. The fourth-order valence-electron chi connectivity index (χ4n) is 3.04. The zero-order chi connectivity index (χ0) is 15.1. The molecule has 0 saturated heterocycles. The first-order chi connectivity index (χ1) is 10.7. The summed E-state index contributed by atoms with van der Waals surface area (Å²) in [6, 6.07) is 24.8. The van der Waals surface area contributed by atoms with E-state index in [0.29, 0.717) is 11.4 Å². The molecule has 2 heteroatoms. The molecular weight excluding hydrogens is 268 g/mol. The smallest absolute Gasteiger partial charge is 0.0633 e. The van der Waals surface area contributed by atoms with Crippen LogP contribution in [0.25, 0.3) is 32.7 Å². The lowest BCUT2D eigenvalue weighted by molar-refractivity contribution is 1.64. The first-order valence-electron chi connectivity index (χ1n) is 7.30. The van der Waals surface area contributed by atoms with E-state index in [4.69, 9.17) is 11.5 Å². The number of nitrogen functional groups attached to an aromatic ring is 2. The van der Waals surface area contributed by atoms with Crippen molar-refractivity contribution < 1.29 is 0 Å². The summed E-state index contributed by atoms with van der Waals surface area (Å²) < 4.78 is 0. The molecular formula is C20H16N2. The number of hydrogen-bond acceptors (Lipinski definition) is 2. The van der Waals surface area contributed by atoms with Crippen LogP contribution in [0.4, 0.5) is 11.4 Å². The van der Waals surface area contributed by atoms with E-state index in [1.165, 1.54) is 10.8 Å². The van der Waals surface area contributed by atoms with Crippen molar-refractivity contribution in [1.82, 2.24) is 0 Å². The molecule has 0 aliphatic carbocycles. The average molecular weight is 284 g/mol. The van der Waals surface area contributed by atoms with Gasteiger partial charge in [0.1, 0.15) is 0 Å². The van der Waals surface area contributed by atoms with Crippen molar-refractivity contribution in [3.8, 4) is 11.1 Å². The second-order valence-electron chi connectivity index (χ2n) is 5.54. The summed E-state index contributed by atoms with van der Waals surface area (Å²) in [6.07, 6.45) is 0. The van der Waals surface area contributed by atoms with Crippen molar-refractivity contribution in [1.29, 1.82) is 0 Å². The molecule has 0 aliphatic heterocycles. The average Bonchev–Trinajstić information content (AvgIpc) is 2.55. The van der Waals surface area contributed by atoms with Gasteiger partial charge in [-0.3, -0.25) is 0 Å². The standard InChI is InChI=1S/C20H16N2/c21-18-12-16-10-14-8-4-5-9-15(14)11-17(16)19(20(18)22)13-6-2-1-3-7-13/h1-12H,21-22H2. The van der Waals surface area contributed by atoms with Crippen molar-refractivity contribution >= 4 is 32.9 Å². The van der Waals surface area contributed by atoms with Crippen molar-refractivity contribution in [3.05, 3.63) is 72.8 Å². The highest BCUT2D eigenvalue weighted by Gasteiger charge is 2.12. The second kappa shape index (κ2) is 4.78. The lowest BCUT2D eigenvalue weighted by Gasteiger charge is -2.14. The molecule has 0 bridgehead atoms. The zero-order valence-corrected chi connectivity index (χ0v) is 12.1. The van der Waals surface area contributed by atoms with Crippen LogP contribution in [-0.2, 0) is 0 Å². The SMILES string of the molecule is Nc1cc2cc3ccccc3cc2c(-c2ccccc2)c1N. The molecule has 0 saturated carbocycles. The van der Waals surface area contributed by atoms with Gasteiger partial charge in [-0.15, -0.1) is 0 Å². The topological polar surface area (TPSA) is 52.0 Å². The zero-order valence-electron chi connectivity index (χ0n) is 12.1. The van der Waals surface area contributed by atoms with Crippen LogP contribution in [0.5, 0.6) is 0 Å². The molecule has 0 aromatic heterocycles. The number of anilines is 2. The first-order valence-corrected chi connectivity index (χ1v) is 7.30. The van der Waals surface area contributed by atoms with Gasteiger partial charge in [-0.2, -0.15) is 0 Å². The number of benzene rings is 4. The van der Waals surface area contributed by atoms with Crippen molar-refractivity contribution in [2.75, 3.05) is 11.5 Å². The maximum absolute atomic E-state index is 6.30. The molecule has 4 aromatic rings. The van der Waals surface area contributed by atoms with Gasteiger partial charge in [0, 0.05) is 5.56 Å². The third-order valence-electron chi connectivity index (χ3n) is 4.14. The Balaban J connectivity index is 2.17. The third kappa shape index (κ3) is 1.89. The number of fused-ring (bicyclic) bond motifs is 2. The summed E-state index contributed by atoms with van der Waals surface area (Å²) in [5, 5.41) is 4.66. The number of nitrogens with two attached hydrogens (primary N) is 2. The van der Waals surface area contributed by atoms with Gasteiger partial charge in [-0.05, 0) is 45.3 Å². The number of hydrogen-bond donors (Lipinski definition) is 2. The van der Waals surface area contributed by atoms with Crippen LogP contribution in [0, 0.1) is 0 Å². The predicted molar refractivity (Wildman–Crippen MR) is 95.7 cm³/mol. The largest absolute Gasteiger partial charge is 0.397 e. The van der Waals surface area contributed by atoms with E-state index in [9.17, 15) is 0 Å². The second-order valence-corrected chi connectivity index (χ2v) is 5.54. The summed E-state index contributed by atoms with van der Waals surface area (Å²) in [4.78, 5) is 0. The lowest BCUT2D eigenvalue weighted by Crippen LogP contribution is -1.98. The minimum atomic E-state index is 0.627. The maximum atomic E-state index is 6.30. The normalized spacial score (nSPS) is 11.1. The van der Waals surface area contributed by atoms with Gasteiger partial charge in [0.15, 0.2) is 0 Å². The van der Waals surface area contributed by atoms with Gasteiger partial charge in [0.2, 0.25) is 0 Å². The molecule has 0 unspecified atom stereocenters. The molecule has 0 atom stereocenters. The molecule has 0 spiro atoms. The van der Waals surface area contributed by atoms with Crippen LogP contribution in [0.1, 0.15) is 0 Å². The highest BCUT2D eigenvalue weighted by molar-refractivity contribution is 6.11. The molecule has 4 aromatic carbocycles. The van der Waals surface area contributed by atoms with E-state index in [0.717, 1.165) is 21.9 Å². The van der Waals surface area contributed by atoms with E-state index >= 15 is 0 Å². The van der Waals surface area contributed by atoms with Gasteiger partial charge in [0.05, 0.1) is 11.4 Å². The van der Waals surface area contributed by atoms with E-state index in [1.807, 2.05) is 30.3 Å². The summed E-state index contributed by atoms with van der Waals surface area (Å²) >= 11 is 0. The Morgan fingerprint density at radius 1 is 0.591 bits per heavy atom. The minimum Gasteiger partial charge on any atom is -0.397 e. The van der Waals surface area contributed by atoms with E-state index < -0.39 is 0 Å². The van der Waals surface area contributed by atoms with E-state index in [-0.39, 0.29) is 0 Å². The number of rotatable bonds is 1. The molecule has 0 heterocycles. The van der Waals surface area contributed by atoms with Crippen molar-refractivity contribution in [2.45, 2.75) is 0 Å². The van der Waals surface area contributed by atoms with Crippen LogP contribution in [0.2, 0.25) is 0 Å². The predicted octanol–water partition coefficient (Wildman–Crippen LogP) is 4.82. The summed E-state index contributed by atoms with van der Waals surface area (Å²) in [7, 11) is 0.